The van der Waals surface area contributed by atoms with Crippen LogP contribution in [0.1, 0.15) is 43.0 Å². The van der Waals surface area contributed by atoms with Gasteiger partial charge in [-0.1, -0.05) is 19.8 Å². The fourth-order valence-corrected chi connectivity index (χ4v) is 4.22. The van der Waals surface area contributed by atoms with Crippen molar-refractivity contribution in [3.8, 4) is 5.75 Å². The first-order valence-corrected chi connectivity index (χ1v) is 9.99. The normalized spacial score (nSPS) is 21.2. The Morgan fingerprint density at radius 2 is 1.88 bits per heavy atom. The third kappa shape index (κ3) is 5.49. The van der Waals surface area contributed by atoms with Crippen LogP contribution >= 0.6 is 0 Å². The smallest absolute Gasteiger partial charge is 0.251 e. The first-order valence-electron chi connectivity index (χ1n) is 8.33. The van der Waals surface area contributed by atoms with Crippen molar-refractivity contribution < 1.29 is 17.9 Å². The van der Waals surface area contributed by atoms with Crippen LogP contribution in [0.15, 0.2) is 24.3 Å². The van der Waals surface area contributed by atoms with E-state index in [1.807, 2.05) is 0 Å². The summed E-state index contributed by atoms with van der Waals surface area (Å²) < 4.78 is 32.1. The van der Waals surface area contributed by atoms with Crippen LogP contribution in [0.25, 0.3) is 0 Å². The number of carbonyl (C=O) groups excluding carboxylic acids is 1. The van der Waals surface area contributed by atoms with E-state index in [0.29, 0.717) is 17.2 Å². The summed E-state index contributed by atoms with van der Waals surface area (Å²) in [7, 11) is -1.83. The number of hydrogen-bond donors (Lipinski definition) is 2. The molecule has 0 aliphatic heterocycles. The molecule has 2 N–H and O–H groups in total. The van der Waals surface area contributed by atoms with Crippen molar-refractivity contribution in [3.63, 3.8) is 0 Å². The van der Waals surface area contributed by atoms with Gasteiger partial charge in [0.1, 0.15) is 5.75 Å². The lowest BCUT2D eigenvalue weighted by Gasteiger charge is -2.29. The second kappa shape index (κ2) is 8.48. The minimum Gasteiger partial charge on any atom is -0.497 e. The molecule has 1 aliphatic rings. The van der Waals surface area contributed by atoms with Crippen molar-refractivity contribution in [1.82, 2.24) is 10.0 Å². The first kappa shape index (κ1) is 18.7. The van der Waals surface area contributed by atoms with Gasteiger partial charge in [-0.2, -0.15) is 0 Å². The summed E-state index contributed by atoms with van der Waals surface area (Å²) in [4.78, 5) is 12.0. The Labute approximate surface area is 144 Å². The van der Waals surface area contributed by atoms with Crippen molar-refractivity contribution in [2.75, 3.05) is 19.4 Å². The van der Waals surface area contributed by atoms with E-state index < -0.39 is 10.0 Å². The highest BCUT2D eigenvalue weighted by Gasteiger charge is 2.25. The molecule has 6 nitrogen and oxygen atoms in total. The SMILES string of the molecule is COc1ccc(C(=O)NCCS(=O)(=O)N[C@@H]2CCCC[C@H]2C)cc1. The lowest BCUT2D eigenvalue weighted by molar-refractivity contribution is 0.0956. The Balaban J connectivity index is 1.80. The van der Waals surface area contributed by atoms with Gasteiger partial charge in [0.05, 0.1) is 12.9 Å². The molecule has 0 spiro atoms. The van der Waals surface area contributed by atoms with E-state index in [-0.39, 0.29) is 24.2 Å². The number of benzene rings is 1. The van der Waals surface area contributed by atoms with Crippen LogP contribution < -0.4 is 14.8 Å². The van der Waals surface area contributed by atoms with Crippen molar-refractivity contribution in [2.24, 2.45) is 5.92 Å². The van der Waals surface area contributed by atoms with Gasteiger partial charge in [-0.05, 0) is 43.0 Å². The molecule has 134 valence electrons. The standard InChI is InChI=1S/C17H26N2O4S/c1-13-5-3-4-6-16(13)19-24(21,22)12-11-18-17(20)14-7-9-15(23-2)10-8-14/h7-10,13,16,19H,3-6,11-12H2,1-2H3,(H,18,20)/t13-,16-/m1/s1. The zero-order chi connectivity index (χ0) is 17.6. The molecule has 0 saturated heterocycles. The number of carbonyl (C=O) groups is 1. The van der Waals surface area contributed by atoms with E-state index in [0.717, 1.165) is 25.7 Å². The fraction of sp³-hybridized carbons (Fsp3) is 0.588. The number of nitrogens with one attached hydrogen (secondary N) is 2. The summed E-state index contributed by atoms with van der Waals surface area (Å²) >= 11 is 0. The zero-order valence-electron chi connectivity index (χ0n) is 14.2. The average Bonchev–Trinajstić information content (AvgIpc) is 2.56. The number of amides is 1. The largest absolute Gasteiger partial charge is 0.497 e. The van der Waals surface area contributed by atoms with E-state index >= 15 is 0 Å². The minimum absolute atomic E-state index is 0.0149. The molecule has 1 aromatic carbocycles. The molecule has 7 heteroatoms. The molecule has 24 heavy (non-hydrogen) atoms. The van der Waals surface area contributed by atoms with Crippen LogP contribution in [0.4, 0.5) is 0 Å². The van der Waals surface area contributed by atoms with Gasteiger partial charge < -0.3 is 10.1 Å². The summed E-state index contributed by atoms with van der Waals surface area (Å²) in [5.41, 5.74) is 0.474. The summed E-state index contributed by atoms with van der Waals surface area (Å²) in [6, 6.07) is 6.69. The van der Waals surface area contributed by atoms with E-state index in [4.69, 9.17) is 4.74 Å². The molecule has 1 amide bonds. The monoisotopic (exact) mass is 354 g/mol. The van der Waals surface area contributed by atoms with Gasteiger partial charge in [0, 0.05) is 18.2 Å². The van der Waals surface area contributed by atoms with Crippen LogP contribution in [0.3, 0.4) is 0 Å². The Morgan fingerprint density at radius 1 is 1.21 bits per heavy atom. The van der Waals surface area contributed by atoms with Gasteiger partial charge in [-0.25, -0.2) is 13.1 Å². The molecule has 0 unspecified atom stereocenters. The summed E-state index contributed by atoms with van der Waals surface area (Å²) in [5, 5.41) is 2.64. The van der Waals surface area contributed by atoms with Gasteiger partial charge in [0.15, 0.2) is 0 Å². The maximum Gasteiger partial charge on any atom is 0.251 e. The first-order chi connectivity index (χ1) is 11.4. The number of rotatable bonds is 7. The van der Waals surface area contributed by atoms with Crippen molar-refractivity contribution in [3.05, 3.63) is 29.8 Å². The zero-order valence-corrected chi connectivity index (χ0v) is 15.1. The van der Waals surface area contributed by atoms with E-state index in [9.17, 15) is 13.2 Å². The average molecular weight is 354 g/mol. The molecule has 0 aromatic heterocycles. The van der Waals surface area contributed by atoms with E-state index in [1.54, 1.807) is 31.4 Å². The maximum absolute atomic E-state index is 12.2. The molecule has 2 atom stereocenters. The lowest BCUT2D eigenvalue weighted by atomic mass is 9.87. The molecular weight excluding hydrogens is 328 g/mol. The molecule has 0 bridgehead atoms. The summed E-state index contributed by atoms with van der Waals surface area (Å²) in [6.45, 7) is 2.17. The van der Waals surface area contributed by atoms with Crippen molar-refractivity contribution in [2.45, 2.75) is 38.6 Å². The van der Waals surface area contributed by atoms with Crippen molar-refractivity contribution in [1.29, 1.82) is 0 Å². The topological polar surface area (TPSA) is 84.5 Å². The van der Waals surface area contributed by atoms with Gasteiger partial charge in [-0.3, -0.25) is 4.79 Å². The van der Waals surface area contributed by atoms with Crippen LogP contribution in [0, 0.1) is 5.92 Å². The number of hydrogen-bond acceptors (Lipinski definition) is 4. The second-order valence-electron chi connectivity index (χ2n) is 6.29. The van der Waals surface area contributed by atoms with Crippen LogP contribution in [-0.4, -0.2) is 39.8 Å². The Hall–Kier alpha value is -1.60. The van der Waals surface area contributed by atoms with Crippen LogP contribution in [0.5, 0.6) is 5.75 Å². The minimum atomic E-state index is -3.39. The lowest BCUT2D eigenvalue weighted by Crippen LogP contribution is -2.43. The fourth-order valence-electron chi connectivity index (χ4n) is 2.92. The third-order valence-electron chi connectivity index (χ3n) is 4.45. The van der Waals surface area contributed by atoms with E-state index in [2.05, 4.69) is 17.0 Å². The van der Waals surface area contributed by atoms with Gasteiger partial charge in [0.2, 0.25) is 10.0 Å². The molecule has 2 rings (SSSR count). The van der Waals surface area contributed by atoms with Gasteiger partial charge >= 0.3 is 0 Å². The molecule has 1 aromatic rings. The molecule has 1 saturated carbocycles. The van der Waals surface area contributed by atoms with E-state index in [1.165, 1.54) is 0 Å². The van der Waals surface area contributed by atoms with Crippen molar-refractivity contribution >= 4 is 15.9 Å². The Kier molecular flexibility index (Phi) is 6.62. The number of methoxy groups -OCH3 is 1. The van der Waals surface area contributed by atoms with Crippen LogP contribution in [0.2, 0.25) is 0 Å². The summed E-state index contributed by atoms with van der Waals surface area (Å²) in [6.07, 6.45) is 4.17. The Morgan fingerprint density at radius 3 is 2.50 bits per heavy atom. The molecular formula is C17H26N2O4S. The van der Waals surface area contributed by atoms with Gasteiger partial charge in [-0.15, -0.1) is 0 Å². The maximum atomic E-state index is 12.2. The second-order valence-corrected chi connectivity index (χ2v) is 8.16. The third-order valence-corrected chi connectivity index (χ3v) is 5.85. The molecule has 1 aliphatic carbocycles. The van der Waals surface area contributed by atoms with Crippen LogP contribution in [-0.2, 0) is 10.0 Å². The highest BCUT2D eigenvalue weighted by Crippen LogP contribution is 2.24. The highest BCUT2D eigenvalue weighted by molar-refractivity contribution is 7.89. The quantitative estimate of drug-likeness (QED) is 0.783. The highest BCUT2D eigenvalue weighted by atomic mass is 32.2. The summed E-state index contributed by atoms with van der Waals surface area (Å²) in [5.74, 6) is 0.624. The Bertz CT molecular complexity index is 643. The predicted octanol–water partition coefficient (Wildman–Crippen LogP) is 1.92. The predicted molar refractivity (Wildman–Crippen MR) is 93.7 cm³/mol. The number of sulfonamides is 1. The molecule has 0 heterocycles. The number of ether oxygens (including phenoxy) is 1. The van der Waals surface area contributed by atoms with Gasteiger partial charge in [0.25, 0.3) is 5.91 Å². The molecule has 1 fully saturated rings. The molecule has 0 radical (unpaired) electrons.